The van der Waals surface area contributed by atoms with Gasteiger partial charge in [-0.25, -0.2) is 4.79 Å². The number of aromatic nitrogens is 1. The van der Waals surface area contributed by atoms with Crippen LogP contribution in [0.25, 0.3) is 11.1 Å². The number of fused-ring (bicyclic) bond motifs is 1. The van der Waals surface area contributed by atoms with E-state index in [2.05, 4.69) is 5.32 Å². The summed E-state index contributed by atoms with van der Waals surface area (Å²) in [5.74, 6) is -0.581. The van der Waals surface area contributed by atoms with Gasteiger partial charge in [0.15, 0.2) is 5.58 Å². The molecule has 0 bridgehead atoms. The highest BCUT2D eigenvalue weighted by Gasteiger charge is 2.12. The Morgan fingerprint density at radius 3 is 2.89 bits per heavy atom. The standard InChI is InChI=1S/C13H16N2O3/c1-4-8(2)14-12(16)9-5-6-10-11(7-9)18-13(17)15(10)3/h5-8H,4H2,1-3H3,(H,14,16). The van der Waals surface area contributed by atoms with Gasteiger partial charge in [0, 0.05) is 18.7 Å². The highest BCUT2D eigenvalue weighted by Crippen LogP contribution is 2.14. The van der Waals surface area contributed by atoms with Gasteiger partial charge in [0.05, 0.1) is 5.52 Å². The maximum absolute atomic E-state index is 11.9. The first-order chi connectivity index (χ1) is 8.52. The van der Waals surface area contributed by atoms with Gasteiger partial charge < -0.3 is 9.73 Å². The van der Waals surface area contributed by atoms with Gasteiger partial charge in [0.25, 0.3) is 5.91 Å². The summed E-state index contributed by atoms with van der Waals surface area (Å²) in [5.41, 5.74) is 1.61. The average molecular weight is 248 g/mol. The molecule has 5 heteroatoms. The van der Waals surface area contributed by atoms with Crippen molar-refractivity contribution < 1.29 is 9.21 Å². The van der Waals surface area contributed by atoms with E-state index in [1.807, 2.05) is 13.8 Å². The van der Waals surface area contributed by atoms with Crippen LogP contribution in [0, 0.1) is 0 Å². The van der Waals surface area contributed by atoms with Crippen molar-refractivity contribution in [2.45, 2.75) is 26.3 Å². The van der Waals surface area contributed by atoms with E-state index in [-0.39, 0.29) is 11.9 Å². The van der Waals surface area contributed by atoms with Gasteiger partial charge in [-0.05, 0) is 31.5 Å². The molecule has 1 aromatic carbocycles. The molecule has 1 atom stereocenters. The minimum atomic E-state index is -0.426. The van der Waals surface area contributed by atoms with Crippen molar-refractivity contribution in [1.82, 2.24) is 9.88 Å². The summed E-state index contributed by atoms with van der Waals surface area (Å²) in [6.07, 6.45) is 0.869. The highest BCUT2D eigenvalue weighted by atomic mass is 16.4. The number of oxazole rings is 1. The molecule has 1 amide bonds. The number of nitrogens with zero attached hydrogens (tertiary/aromatic N) is 1. The highest BCUT2D eigenvalue weighted by molar-refractivity contribution is 5.97. The van der Waals surface area contributed by atoms with Gasteiger partial charge in [0.2, 0.25) is 0 Å². The lowest BCUT2D eigenvalue weighted by molar-refractivity contribution is 0.0939. The Hall–Kier alpha value is -2.04. The van der Waals surface area contributed by atoms with E-state index in [1.54, 1.807) is 25.2 Å². The van der Waals surface area contributed by atoms with Crippen LogP contribution < -0.4 is 11.1 Å². The van der Waals surface area contributed by atoms with Gasteiger partial charge >= 0.3 is 5.76 Å². The molecule has 5 nitrogen and oxygen atoms in total. The predicted molar refractivity (Wildman–Crippen MR) is 68.7 cm³/mol. The fraction of sp³-hybridized carbons (Fsp3) is 0.385. The van der Waals surface area contributed by atoms with Gasteiger partial charge in [-0.15, -0.1) is 0 Å². The van der Waals surface area contributed by atoms with Gasteiger partial charge in [0.1, 0.15) is 0 Å². The van der Waals surface area contributed by atoms with Crippen LogP contribution >= 0.6 is 0 Å². The molecule has 0 aliphatic heterocycles. The van der Waals surface area contributed by atoms with Crippen LogP contribution in [0.5, 0.6) is 0 Å². The van der Waals surface area contributed by atoms with Gasteiger partial charge in [-0.2, -0.15) is 0 Å². The van der Waals surface area contributed by atoms with Gasteiger partial charge in [-0.1, -0.05) is 6.92 Å². The van der Waals surface area contributed by atoms with Crippen molar-refractivity contribution in [1.29, 1.82) is 0 Å². The van der Waals surface area contributed by atoms with Crippen molar-refractivity contribution in [3.05, 3.63) is 34.3 Å². The van der Waals surface area contributed by atoms with Crippen LogP contribution in [0.4, 0.5) is 0 Å². The Morgan fingerprint density at radius 2 is 2.22 bits per heavy atom. The Labute approximate surface area is 104 Å². The van der Waals surface area contributed by atoms with Crippen molar-refractivity contribution in [3.63, 3.8) is 0 Å². The quantitative estimate of drug-likeness (QED) is 0.898. The van der Waals surface area contributed by atoms with Crippen LogP contribution in [0.2, 0.25) is 0 Å². The largest absolute Gasteiger partial charge is 0.419 e. The molecular weight excluding hydrogens is 232 g/mol. The van der Waals surface area contributed by atoms with Gasteiger partial charge in [-0.3, -0.25) is 9.36 Å². The molecule has 0 saturated heterocycles. The topological polar surface area (TPSA) is 64.2 Å². The van der Waals surface area contributed by atoms with E-state index < -0.39 is 5.76 Å². The summed E-state index contributed by atoms with van der Waals surface area (Å²) in [6.45, 7) is 3.95. The zero-order valence-corrected chi connectivity index (χ0v) is 10.7. The lowest BCUT2D eigenvalue weighted by atomic mass is 10.1. The maximum atomic E-state index is 11.9. The molecule has 96 valence electrons. The number of rotatable bonds is 3. The molecule has 1 unspecified atom stereocenters. The second kappa shape index (κ2) is 4.68. The van der Waals surface area contributed by atoms with E-state index in [4.69, 9.17) is 4.42 Å². The molecular formula is C13H16N2O3. The molecule has 0 saturated carbocycles. The van der Waals surface area contributed by atoms with Crippen molar-refractivity contribution in [2.24, 2.45) is 7.05 Å². The Balaban J connectivity index is 2.36. The summed E-state index contributed by atoms with van der Waals surface area (Å²) in [6, 6.07) is 5.12. The number of aryl methyl sites for hydroxylation is 1. The second-order valence-electron chi connectivity index (χ2n) is 4.39. The van der Waals surface area contributed by atoms with Crippen LogP contribution in [0.3, 0.4) is 0 Å². The van der Waals surface area contributed by atoms with Crippen molar-refractivity contribution >= 4 is 17.0 Å². The monoisotopic (exact) mass is 248 g/mol. The first-order valence-corrected chi connectivity index (χ1v) is 5.93. The number of hydrogen-bond donors (Lipinski definition) is 1. The van der Waals surface area contributed by atoms with E-state index in [0.717, 1.165) is 6.42 Å². The third-order valence-corrected chi connectivity index (χ3v) is 3.04. The third-order valence-electron chi connectivity index (χ3n) is 3.04. The summed E-state index contributed by atoms with van der Waals surface area (Å²) in [4.78, 5) is 23.3. The molecule has 2 rings (SSSR count). The second-order valence-corrected chi connectivity index (χ2v) is 4.39. The minimum Gasteiger partial charge on any atom is -0.408 e. The molecule has 18 heavy (non-hydrogen) atoms. The molecule has 1 heterocycles. The molecule has 2 aromatic rings. The van der Waals surface area contributed by atoms with E-state index in [0.29, 0.717) is 16.7 Å². The summed E-state index contributed by atoms with van der Waals surface area (Å²) in [5, 5.41) is 2.87. The third kappa shape index (κ3) is 2.16. The van der Waals surface area contributed by atoms with Crippen molar-refractivity contribution in [3.8, 4) is 0 Å². The number of amides is 1. The lowest BCUT2D eigenvalue weighted by Gasteiger charge is -2.10. The van der Waals surface area contributed by atoms with Crippen LogP contribution in [-0.2, 0) is 7.05 Å². The van der Waals surface area contributed by atoms with Crippen molar-refractivity contribution in [2.75, 3.05) is 0 Å². The maximum Gasteiger partial charge on any atom is 0.419 e. The Morgan fingerprint density at radius 1 is 1.50 bits per heavy atom. The Kier molecular flexibility index (Phi) is 3.23. The zero-order valence-electron chi connectivity index (χ0n) is 10.7. The lowest BCUT2D eigenvalue weighted by Crippen LogP contribution is -2.31. The molecule has 0 spiro atoms. The molecule has 0 radical (unpaired) electrons. The number of carbonyl (C=O) groups is 1. The number of benzene rings is 1. The first kappa shape index (κ1) is 12.4. The Bertz CT molecular complexity index is 639. The zero-order chi connectivity index (χ0) is 13.3. The number of carbonyl (C=O) groups excluding carboxylic acids is 1. The van der Waals surface area contributed by atoms with E-state index >= 15 is 0 Å². The number of hydrogen-bond acceptors (Lipinski definition) is 3. The number of nitrogens with one attached hydrogen (secondary N) is 1. The van der Waals surface area contributed by atoms with E-state index in [9.17, 15) is 9.59 Å². The molecule has 0 aliphatic rings. The fourth-order valence-electron chi connectivity index (χ4n) is 1.68. The smallest absolute Gasteiger partial charge is 0.408 e. The summed E-state index contributed by atoms with van der Waals surface area (Å²) >= 11 is 0. The fourth-order valence-corrected chi connectivity index (χ4v) is 1.68. The molecule has 0 aliphatic carbocycles. The minimum absolute atomic E-state index is 0.121. The average Bonchev–Trinajstić information content (AvgIpc) is 2.64. The molecule has 0 fully saturated rings. The summed E-state index contributed by atoms with van der Waals surface area (Å²) < 4.78 is 6.46. The SMILES string of the molecule is CCC(C)NC(=O)c1ccc2c(c1)oc(=O)n2C. The first-order valence-electron chi connectivity index (χ1n) is 5.93. The van der Waals surface area contributed by atoms with E-state index in [1.165, 1.54) is 4.57 Å². The van der Waals surface area contributed by atoms with Crippen LogP contribution in [0.1, 0.15) is 30.6 Å². The summed E-state index contributed by atoms with van der Waals surface area (Å²) in [7, 11) is 1.63. The predicted octanol–water partition coefficient (Wildman–Crippen LogP) is 1.66. The molecule has 1 aromatic heterocycles. The van der Waals surface area contributed by atoms with Crippen LogP contribution in [0.15, 0.2) is 27.4 Å². The molecule has 1 N–H and O–H groups in total. The normalized spacial score (nSPS) is 12.6. The van der Waals surface area contributed by atoms with Crippen LogP contribution in [-0.4, -0.2) is 16.5 Å².